The average Bonchev–Trinajstić information content (AvgIpc) is 2.76. The molecule has 0 aliphatic carbocycles. The lowest BCUT2D eigenvalue weighted by atomic mass is 10.1. The number of benzene rings is 2. The predicted octanol–water partition coefficient (Wildman–Crippen LogP) is 3.23. The zero-order valence-electron chi connectivity index (χ0n) is 19.7. The molecule has 0 fully saturated rings. The summed E-state index contributed by atoms with van der Waals surface area (Å²) in [5, 5.41) is 2.86. The number of hydrogen-bond acceptors (Lipinski definition) is 4. The third kappa shape index (κ3) is 7.28. The average molecular weight is 478 g/mol. The van der Waals surface area contributed by atoms with Gasteiger partial charge in [0.2, 0.25) is 21.8 Å². The third-order valence-corrected chi connectivity index (χ3v) is 6.57. The normalized spacial score (nSPS) is 13.2. The van der Waals surface area contributed by atoms with E-state index in [1.165, 1.54) is 23.1 Å². The molecule has 0 bridgehead atoms. The first kappa shape index (κ1) is 26.3. The second-order valence-corrected chi connectivity index (χ2v) is 10.1. The first-order valence-corrected chi connectivity index (χ1v) is 12.7. The largest absolute Gasteiger partial charge is 0.352 e. The summed E-state index contributed by atoms with van der Waals surface area (Å²) in [5.74, 6) is -1.72. The lowest BCUT2D eigenvalue weighted by molar-refractivity contribution is -0.139. The molecule has 1 N–H and O–H groups in total. The van der Waals surface area contributed by atoms with Crippen LogP contribution in [0.1, 0.15) is 38.3 Å². The Hall–Kier alpha value is -2.94. The van der Waals surface area contributed by atoms with Crippen molar-refractivity contribution < 1.29 is 22.4 Å². The second-order valence-electron chi connectivity index (χ2n) is 8.22. The summed E-state index contributed by atoms with van der Waals surface area (Å²) < 4.78 is 40.0. The van der Waals surface area contributed by atoms with Crippen molar-refractivity contribution in [3.63, 3.8) is 0 Å². The van der Waals surface area contributed by atoms with E-state index in [-0.39, 0.29) is 24.2 Å². The summed E-state index contributed by atoms with van der Waals surface area (Å²) in [4.78, 5) is 27.5. The highest BCUT2D eigenvalue weighted by Gasteiger charge is 2.31. The zero-order valence-corrected chi connectivity index (χ0v) is 20.5. The van der Waals surface area contributed by atoms with Gasteiger partial charge in [-0.2, -0.15) is 0 Å². The van der Waals surface area contributed by atoms with Gasteiger partial charge in [-0.3, -0.25) is 13.9 Å². The molecular weight excluding hydrogens is 445 g/mol. The first-order chi connectivity index (χ1) is 15.4. The van der Waals surface area contributed by atoms with Gasteiger partial charge >= 0.3 is 0 Å². The minimum atomic E-state index is -3.97. The van der Waals surface area contributed by atoms with Crippen LogP contribution in [0.3, 0.4) is 0 Å². The molecule has 2 aromatic rings. The number of nitrogens with zero attached hydrogens (tertiary/aromatic N) is 2. The van der Waals surface area contributed by atoms with Crippen molar-refractivity contribution in [1.82, 2.24) is 10.2 Å². The Morgan fingerprint density at radius 3 is 2.21 bits per heavy atom. The molecule has 7 nitrogen and oxygen atoms in total. The molecule has 2 aromatic carbocycles. The van der Waals surface area contributed by atoms with Crippen LogP contribution in [0.25, 0.3) is 0 Å². The zero-order chi connectivity index (χ0) is 24.8. The summed E-state index contributed by atoms with van der Waals surface area (Å²) in [7, 11) is -3.97. The van der Waals surface area contributed by atoms with Crippen LogP contribution in [0.5, 0.6) is 0 Å². The van der Waals surface area contributed by atoms with Crippen LogP contribution < -0.4 is 9.62 Å². The molecule has 2 atom stereocenters. The SMILES string of the molecule is CC[C@@H](C)NC(=O)[C@@H](C)N(Cc1ccc(C)cc1)C(=O)CN(c1ccccc1F)S(C)(=O)=O. The standard InChI is InChI=1S/C24H32FN3O4S/c1-6-18(3)26-24(30)19(4)27(15-20-13-11-17(2)12-14-20)23(29)16-28(33(5,31)32)22-10-8-7-9-21(22)25/h7-14,18-19H,6,15-16H2,1-5H3,(H,26,30)/t18-,19-/m1/s1. The smallest absolute Gasteiger partial charge is 0.244 e. The number of nitrogens with one attached hydrogen (secondary N) is 1. The summed E-state index contributed by atoms with van der Waals surface area (Å²) in [6.45, 7) is 6.80. The van der Waals surface area contributed by atoms with E-state index in [9.17, 15) is 22.4 Å². The van der Waals surface area contributed by atoms with Crippen LogP contribution in [0.2, 0.25) is 0 Å². The molecule has 0 aromatic heterocycles. The molecule has 0 aliphatic heterocycles. The highest BCUT2D eigenvalue weighted by Crippen LogP contribution is 2.22. The Balaban J connectivity index is 2.39. The highest BCUT2D eigenvalue weighted by molar-refractivity contribution is 7.92. The van der Waals surface area contributed by atoms with Gasteiger partial charge in [0.25, 0.3) is 0 Å². The Kier molecular flexibility index (Phi) is 8.99. The van der Waals surface area contributed by atoms with E-state index < -0.39 is 34.3 Å². The van der Waals surface area contributed by atoms with E-state index in [0.717, 1.165) is 34.2 Å². The van der Waals surface area contributed by atoms with Gasteiger partial charge in [-0.05, 0) is 44.9 Å². The number of para-hydroxylation sites is 1. The van der Waals surface area contributed by atoms with E-state index in [1.807, 2.05) is 45.0 Å². The van der Waals surface area contributed by atoms with E-state index in [0.29, 0.717) is 0 Å². The van der Waals surface area contributed by atoms with Crippen LogP contribution in [0, 0.1) is 12.7 Å². The number of anilines is 1. The van der Waals surface area contributed by atoms with Crippen molar-refractivity contribution in [2.75, 3.05) is 17.1 Å². The maximum Gasteiger partial charge on any atom is 0.244 e. The number of sulfonamides is 1. The fourth-order valence-corrected chi connectivity index (χ4v) is 4.04. The number of aryl methyl sites for hydroxylation is 1. The van der Waals surface area contributed by atoms with E-state index in [1.54, 1.807) is 6.92 Å². The van der Waals surface area contributed by atoms with Gasteiger partial charge in [-0.1, -0.05) is 48.9 Å². The molecular formula is C24H32FN3O4S. The van der Waals surface area contributed by atoms with Gasteiger partial charge in [0.1, 0.15) is 18.4 Å². The molecule has 33 heavy (non-hydrogen) atoms. The van der Waals surface area contributed by atoms with E-state index >= 15 is 0 Å². The van der Waals surface area contributed by atoms with Crippen molar-refractivity contribution in [2.45, 2.75) is 52.7 Å². The molecule has 0 radical (unpaired) electrons. The number of carbonyl (C=O) groups excluding carboxylic acids is 2. The monoisotopic (exact) mass is 477 g/mol. The van der Waals surface area contributed by atoms with Crippen molar-refractivity contribution >= 4 is 27.5 Å². The van der Waals surface area contributed by atoms with Crippen LogP contribution in [-0.4, -0.2) is 50.0 Å². The van der Waals surface area contributed by atoms with Crippen LogP contribution in [0.15, 0.2) is 48.5 Å². The fourth-order valence-electron chi connectivity index (χ4n) is 3.19. The summed E-state index contributed by atoms with van der Waals surface area (Å²) in [5.41, 5.74) is 1.61. The lowest BCUT2D eigenvalue weighted by Crippen LogP contribution is -2.52. The second kappa shape index (κ2) is 11.3. The van der Waals surface area contributed by atoms with Gasteiger partial charge in [0.15, 0.2) is 0 Å². The molecule has 180 valence electrons. The number of halogens is 1. The Morgan fingerprint density at radius 1 is 1.06 bits per heavy atom. The van der Waals surface area contributed by atoms with E-state index in [4.69, 9.17) is 0 Å². The molecule has 0 saturated heterocycles. The van der Waals surface area contributed by atoms with Crippen LogP contribution in [0.4, 0.5) is 10.1 Å². The molecule has 2 rings (SSSR count). The highest BCUT2D eigenvalue weighted by atomic mass is 32.2. The lowest BCUT2D eigenvalue weighted by Gasteiger charge is -2.32. The quantitative estimate of drug-likeness (QED) is 0.569. The minimum absolute atomic E-state index is 0.0813. The van der Waals surface area contributed by atoms with Gasteiger partial charge in [-0.25, -0.2) is 12.8 Å². The molecule has 9 heteroatoms. The van der Waals surface area contributed by atoms with E-state index in [2.05, 4.69) is 5.32 Å². The molecule has 0 spiro atoms. The Bertz CT molecular complexity index is 1070. The molecule has 2 amide bonds. The van der Waals surface area contributed by atoms with Gasteiger partial charge in [-0.15, -0.1) is 0 Å². The first-order valence-electron chi connectivity index (χ1n) is 10.8. The summed E-state index contributed by atoms with van der Waals surface area (Å²) in [6.07, 6.45) is 1.63. The minimum Gasteiger partial charge on any atom is -0.352 e. The van der Waals surface area contributed by atoms with Crippen molar-refractivity contribution in [3.8, 4) is 0 Å². The third-order valence-electron chi connectivity index (χ3n) is 5.44. The molecule has 0 aliphatic rings. The topological polar surface area (TPSA) is 86.8 Å². The fraction of sp³-hybridized carbons (Fsp3) is 0.417. The number of hydrogen-bond donors (Lipinski definition) is 1. The maximum atomic E-state index is 14.4. The summed E-state index contributed by atoms with van der Waals surface area (Å²) >= 11 is 0. The predicted molar refractivity (Wildman–Crippen MR) is 128 cm³/mol. The van der Waals surface area contributed by atoms with Crippen LogP contribution >= 0.6 is 0 Å². The van der Waals surface area contributed by atoms with Crippen molar-refractivity contribution in [2.24, 2.45) is 0 Å². The number of amides is 2. The van der Waals surface area contributed by atoms with Crippen molar-refractivity contribution in [3.05, 3.63) is 65.5 Å². The number of rotatable bonds is 10. The van der Waals surface area contributed by atoms with Gasteiger partial charge in [0.05, 0.1) is 11.9 Å². The Labute approximate surface area is 195 Å². The molecule has 0 saturated carbocycles. The summed E-state index contributed by atoms with van der Waals surface area (Å²) in [6, 6.07) is 11.9. The number of carbonyl (C=O) groups is 2. The van der Waals surface area contributed by atoms with Gasteiger partial charge < -0.3 is 10.2 Å². The molecule has 0 heterocycles. The van der Waals surface area contributed by atoms with Crippen molar-refractivity contribution in [1.29, 1.82) is 0 Å². The molecule has 0 unspecified atom stereocenters. The Morgan fingerprint density at radius 2 is 1.67 bits per heavy atom. The van der Waals surface area contributed by atoms with Crippen LogP contribution in [-0.2, 0) is 26.2 Å². The maximum absolute atomic E-state index is 14.4. The van der Waals surface area contributed by atoms with Gasteiger partial charge in [0, 0.05) is 12.6 Å².